The summed E-state index contributed by atoms with van der Waals surface area (Å²) in [5, 5.41) is 5.15. The molecule has 1 amide bonds. The zero-order valence-electron chi connectivity index (χ0n) is 11.2. The summed E-state index contributed by atoms with van der Waals surface area (Å²) in [6.45, 7) is 2.06. The predicted octanol–water partition coefficient (Wildman–Crippen LogP) is 4.29. The largest absolute Gasteiger partial charge is 0.349 e. The molecule has 0 bridgehead atoms. The monoisotopic (exact) mass is 265 g/mol. The van der Waals surface area contributed by atoms with Crippen molar-refractivity contribution in [2.75, 3.05) is 0 Å². The summed E-state index contributed by atoms with van der Waals surface area (Å²) in [6, 6.07) is 4.27. The summed E-state index contributed by atoms with van der Waals surface area (Å²) in [5.74, 6) is 1.00. The molecule has 0 radical (unpaired) electrons. The van der Waals surface area contributed by atoms with Gasteiger partial charge >= 0.3 is 0 Å². The molecule has 1 fully saturated rings. The summed E-state index contributed by atoms with van der Waals surface area (Å²) in [7, 11) is 0. The van der Waals surface area contributed by atoms with Crippen LogP contribution in [0.3, 0.4) is 0 Å². The first-order chi connectivity index (χ1) is 8.75. The van der Waals surface area contributed by atoms with Crippen molar-refractivity contribution in [1.82, 2.24) is 5.32 Å². The van der Waals surface area contributed by atoms with E-state index in [9.17, 15) is 4.79 Å². The highest BCUT2D eigenvalue weighted by atomic mass is 32.1. The predicted molar refractivity (Wildman–Crippen MR) is 76.7 cm³/mol. The van der Waals surface area contributed by atoms with Gasteiger partial charge in [0.05, 0.1) is 6.04 Å². The molecule has 18 heavy (non-hydrogen) atoms. The van der Waals surface area contributed by atoms with Gasteiger partial charge in [0.15, 0.2) is 0 Å². The molecule has 1 aliphatic rings. The fraction of sp³-hybridized carbons (Fsp3) is 0.667. The first-order valence-electron chi connectivity index (χ1n) is 7.08. The second kappa shape index (κ2) is 6.93. The number of hydrogen-bond donors (Lipinski definition) is 1. The maximum atomic E-state index is 11.9. The summed E-state index contributed by atoms with van der Waals surface area (Å²) >= 11 is 1.70. The van der Waals surface area contributed by atoms with Crippen LogP contribution in [0.5, 0.6) is 0 Å². The Bertz CT molecular complexity index is 355. The molecule has 2 rings (SSSR count). The van der Waals surface area contributed by atoms with Gasteiger partial charge in [-0.3, -0.25) is 4.79 Å². The molecule has 1 aliphatic carbocycles. The zero-order valence-corrected chi connectivity index (χ0v) is 12.0. The van der Waals surface area contributed by atoms with E-state index in [2.05, 4.69) is 23.7 Å². The molecule has 1 atom stereocenters. The van der Waals surface area contributed by atoms with E-state index in [1.807, 2.05) is 6.07 Å². The van der Waals surface area contributed by atoms with Gasteiger partial charge in [-0.2, -0.15) is 0 Å². The van der Waals surface area contributed by atoms with Gasteiger partial charge in [-0.25, -0.2) is 0 Å². The molecular formula is C15H23NOS. The second-order valence-corrected chi connectivity index (χ2v) is 6.33. The molecule has 0 aliphatic heterocycles. The van der Waals surface area contributed by atoms with E-state index in [1.165, 1.54) is 37.0 Å². The maximum Gasteiger partial charge on any atom is 0.220 e. The van der Waals surface area contributed by atoms with Gasteiger partial charge in [0.25, 0.3) is 0 Å². The minimum absolute atomic E-state index is 0.156. The third-order valence-corrected chi connectivity index (χ3v) is 4.91. The smallest absolute Gasteiger partial charge is 0.220 e. The average molecular weight is 265 g/mol. The van der Waals surface area contributed by atoms with Crippen molar-refractivity contribution in [3.05, 3.63) is 22.4 Å². The van der Waals surface area contributed by atoms with Crippen LogP contribution in [0.25, 0.3) is 0 Å². The summed E-state index contributed by atoms with van der Waals surface area (Å²) in [6.07, 6.45) is 8.53. The molecule has 0 spiro atoms. The lowest BCUT2D eigenvalue weighted by Gasteiger charge is -2.21. The van der Waals surface area contributed by atoms with E-state index in [-0.39, 0.29) is 11.9 Å². The van der Waals surface area contributed by atoms with Crippen molar-refractivity contribution in [2.24, 2.45) is 5.92 Å². The third kappa shape index (κ3) is 4.13. The van der Waals surface area contributed by atoms with Crippen LogP contribution in [-0.2, 0) is 4.79 Å². The molecule has 1 heterocycles. The maximum absolute atomic E-state index is 11.9. The second-order valence-electron chi connectivity index (χ2n) is 5.35. The Morgan fingerprint density at radius 3 is 2.89 bits per heavy atom. The lowest BCUT2D eigenvalue weighted by molar-refractivity contribution is -0.122. The SMILES string of the molecule is CC(NC(=O)CCC1CCCCC1)c1cccs1. The number of carbonyl (C=O) groups is 1. The van der Waals surface area contributed by atoms with Crippen molar-refractivity contribution >= 4 is 17.2 Å². The average Bonchev–Trinajstić information content (AvgIpc) is 2.91. The van der Waals surface area contributed by atoms with Gasteiger partial charge in [0, 0.05) is 11.3 Å². The van der Waals surface area contributed by atoms with Crippen LogP contribution in [0.1, 0.15) is 62.8 Å². The molecule has 1 N–H and O–H groups in total. The van der Waals surface area contributed by atoms with Gasteiger partial charge in [0.1, 0.15) is 0 Å². The van der Waals surface area contributed by atoms with E-state index in [1.54, 1.807) is 11.3 Å². The Kier molecular flexibility index (Phi) is 5.24. The van der Waals surface area contributed by atoms with Crippen LogP contribution in [0.15, 0.2) is 17.5 Å². The Morgan fingerprint density at radius 1 is 1.44 bits per heavy atom. The van der Waals surface area contributed by atoms with Crippen LogP contribution in [-0.4, -0.2) is 5.91 Å². The molecular weight excluding hydrogens is 242 g/mol. The quantitative estimate of drug-likeness (QED) is 0.845. The first-order valence-corrected chi connectivity index (χ1v) is 7.96. The van der Waals surface area contributed by atoms with E-state index in [0.717, 1.165) is 12.3 Å². The number of carbonyl (C=O) groups excluding carboxylic acids is 1. The molecule has 1 saturated carbocycles. The van der Waals surface area contributed by atoms with Crippen molar-refractivity contribution in [2.45, 2.75) is 57.9 Å². The zero-order chi connectivity index (χ0) is 12.8. The van der Waals surface area contributed by atoms with Crippen molar-refractivity contribution in [1.29, 1.82) is 0 Å². The summed E-state index contributed by atoms with van der Waals surface area (Å²) < 4.78 is 0. The fourth-order valence-corrected chi connectivity index (χ4v) is 3.47. The minimum atomic E-state index is 0.156. The van der Waals surface area contributed by atoms with Crippen LogP contribution in [0.4, 0.5) is 0 Å². The van der Waals surface area contributed by atoms with Crippen LogP contribution in [0, 0.1) is 5.92 Å². The van der Waals surface area contributed by atoms with Gasteiger partial charge in [0.2, 0.25) is 5.91 Å². The normalized spacial score (nSPS) is 18.5. The van der Waals surface area contributed by atoms with Crippen LogP contribution >= 0.6 is 11.3 Å². The lowest BCUT2D eigenvalue weighted by Crippen LogP contribution is -2.26. The first kappa shape index (κ1) is 13.6. The number of amides is 1. The molecule has 0 saturated heterocycles. The molecule has 0 aromatic carbocycles. The standard InChI is InChI=1S/C15H23NOS/c1-12(14-8-5-11-18-14)16-15(17)10-9-13-6-3-2-4-7-13/h5,8,11-13H,2-4,6-7,9-10H2,1H3,(H,16,17). The fourth-order valence-electron chi connectivity index (χ4n) is 2.73. The van der Waals surface area contributed by atoms with Gasteiger partial charge in [-0.1, -0.05) is 38.2 Å². The molecule has 1 unspecified atom stereocenters. The Hall–Kier alpha value is -0.830. The van der Waals surface area contributed by atoms with E-state index in [4.69, 9.17) is 0 Å². The van der Waals surface area contributed by atoms with Crippen molar-refractivity contribution < 1.29 is 4.79 Å². The molecule has 2 nitrogen and oxygen atoms in total. The van der Waals surface area contributed by atoms with Crippen LogP contribution < -0.4 is 5.32 Å². The Balaban J connectivity index is 1.68. The van der Waals surface area contributed by atoms with E-state index < -0.39 is 0 Å². The van der Waals surface area contributed by atoms with E-state index >= 15 is 0 Å². The molecule has 3 heteroatoms. The Labute approximate surface area is 114 Å². The van der Waals surface area contributed by atoms with Crippen molar-refractivity contribution in [3.63, 3.8) is 0 Å². The molecule has 1 aromatic heterocycles. The summed E-state index contributed by atoms with van der Waals surface area (Å²) in [4.78, 5) is 13.1. The Morgan fingerprint density at radius 2 is 2.22 bits per heavy atom. The highest BCUT2D eigenvalue weighted by Gasteiger charge is 2.16. The topological polar surface area (TPSA) is 29.1 Å². The highest BCUT2D eigenvalue weighted by Crippen LogP contribution is 2.27. The number of thiophene rings is 1. The van der Waals surface area contributed by atoms with Crippen molar-refractivity contribution in [3.8, 4) is 0 Å². The lowest BCUT2D eigenvalue weighted by atomic mass is 9.86. The highest BCUT2D eigenvalue weighted by molar-refractivity contribution is 7.10. The van der Waals surface area contributed by atoms with Gasteiger partial charge in [-0.15, -0.1) is 11.3 Å². The van der Waals surface area contributed by atoms with Gasteiger partial charge in [-0.05, 0) is 30.7 Å². The number of rotatable bonds is 5. The number of nitrogens with one attached hydrogen (secondary N) is 1. The van der Waals surface area contributed by atoms with E-state index in [0.29, 0.717) is 6.42 Å². The molecule has 100 valence electrons. The minimum Gasteiger partial charge on any atom is -0.349 e. The van der Waals surface area contributed by atoms with Gasteiger partial charge < -0.3 is 5.32 Å². The van der Waals surface area contributed by atoms with Crippen LogP contribution in [0.2, 0.25) is 0 Å². The third-order valence-electron chi connectivity index (χ3n) is 3.85. The number of hydrogen-bond acceptors (Lipinski definition) is 2. The molecule has 1 aromatic rings. The summed E-state index contributed by atoms with van der Waals surface area (Å²) in [5.41, 5.74) is 0.